The normalized spacial score (nSPS) is 21.5. The van der Waals surface area contributed by atoms with Gasteiger partial charge in [-0.2, -0.15) is 16.8 Å². The second-order valence-corrected chi connectivity index (χ2v) is 9.35. The molecule has 2 aromatic rings. The molecule has 0 heterocycles. The Morgan fingerprint density at radius 2 is 0.923 bits per heavy atom. The molecule has 8 heteroatoms. The highest BCUT2D eigenvalue weighted by Crippen LogP contribution is 2.43. The van der Waals surface area contributed by atoms with Gasteiger partial charge in [-0.15, -0.1) is 0 Å². The summed E-state index contributed by atoms with van der Waals surface area (Å²) in [6.07, 6.45) is 2.65. The van der Waals surface area contributed by atoms with Crippen LogP contribution in [0.5, 0.6) is 0 Å². The van der Waals surface area contributed by atoms with E-state index in [9.17, 15) is 25.9 Å². The molecule has 0 amide bonds. The first-order valence-electron chi connectivity index (χ1n) is 8.31. The molecule has 0 bridgehead atoms. The smallest absolute Gasteiger partial charge is 0.282 e. The molecular formula is C18H20O6S2. The van der Waals surface area contributed by atoms with E-state index in [1.165, 1.54) is 12.1 Å². The average Bonchev–Trinajstić information content (AvgIpc) is 2.60. The predicted octanol–water partition coefficient (Wildman–Crippen LogP) is 3.62. The van der Waals surface area contributed by atoms with Crippen molar-refractivity contribution in [3.8, 4) is 0 Å². The Bertz CT molecular complexity index is 920. The van der Waals surface area contributed by atoms with Gasteiger partial charge in [-0.1, -0.05) is 36.4 Å². The van der Waals surface area contributed by atoms with Crippen LogP contribution in [0.2, 0.25) is 0 Å². The van der Waals surface area contributed by atoms with E-state index in [-0.39, 0.29) is 21.6 Å². The van der Waals surface area contributed by atoms with Gasteiger partial charge >= 0.3 is 0 Å². The van der Waals surface area contributed by atoms with Crippen molar-refractivity contribution < 1.29 is 25.9 Å². The van der Waals surface area contributed by atoms with E-state index in [1.807, 2.05) is 0 Å². The Labute approximate surface area is 153 Å². The molecule has 6 nitrogen and oxygen atoms in total. The van der Waals surface area contributed by atoms with E-state index in [0.717, 1.165) is 0 Å². The SMILES string of the molecule is O=S(=O)(O)c1ccccc1C1CCC(c2ccccc2S(=O)(=O)O)CC1. The average molecular weight is 396 g/mol. The Kier molecular flexibility index (Phi) is 5.21. The van der Waals surface area contributed by atoms with Gasteiger partial charge < -0.3 is 0 Å². The lowest BCUT2D eigenvalue weighted by Crippen LogP contribution is -2.16. The molecule has 0 unspecified atom stereocenters. The molecule has 0 saturated heterocycles. The lowest BCUT2D eigenvalue weighted by atomic mass is 9.76. The zero-order chi connectivity index (χ0) is 18.9. The first kappa shape index (κ1) is 19.0. The van der Waals surface area contributed by atoms with Gasteiger partial charge in [-0.25, -0.2) is 0 Å². The van der Waals surface area contributed by atoms with E-state index in [2.05, 4.69) is 0 Å². The van der Waals surface area contributed by atoms with E-state index in [0.29, 0.717) is 36.8 Å². The summed E-state index contributed by atoms with van der Waals surface area (Å²) in [5.74, 6) is -0.0514. The third-order valence-electron chi connectivity index (χ3n) is 5.00. The highest BCUT2D eigenvalue weighted by Gasteiger charge is 2.29. The second kappa shape index (κ2) is 7.11. The summed E-state index contributed by atoms with van der Waals surface area (Å²) in [6, 6.07) is 12.8. The molecule has 0 aliphatic heterocycles. The lowest BCUT2D eigenvalue weighted by Gasteiger charge is -2.30. The molecule has 1 aliphatic rings. The van der Waals surface area contributed by atoms with Crippen molar-refractivity contribution in [3.63, 3.8) is 0 Å². The van der Waals surface area contributed by atoms with Crippen LogP contribution in [0.3, 0.4) is 0 Å². The van der Waals surface area contributed by atoms with E-state index < -0.39 is 20.2 Å². The third-order valence-corrected chi connectivity index (χ3v) is 6.86. The van der Waals surface area contributed by atoms with Crippen LogP contribution in [0.25, 0.3) is 0 Å². The van der Waals surface area contributed by atoms with Gasteiger partial charge in [0.2, 0.25) is 0 Å². The topological polar surface area (TPSA) is 109 Å². The van der Waals surface area contributed by atoms with Crippen LogP contribution in [0.1, 0.15) is 48.6 Å². The van der Waals surface area contributed by atoms with Crippen molar-refractivity contribution in [2.45, 2.75) is 47.3 Å². The Balaban J connectivity index is 1.84. The van der Waals surface area contributed by atoms with Gasteiger partial charge in [-0.05, 0) is 60.8 Å². The van der Waals surface area contributed by atoms with Crippen LogP contribution in [0, 0.1) is 0 Å². The number of benzene rings is 2. The van der Waals surface area contributed by atoms with Crippen LogP contribution in [-0.4, -0.2) is 25.9 Å². The summed E-state index contributed by atoms with van der Waals surface area (Å²) in [5, 5.41) is 0. The monoisotopic (exact) mass is 396 g/mol. The van der Waals surface area contributed by atoms with Crippen LogP contribution in [0.15, 0.2) is 58.3 Å². The van der Waals surface area contributed by atoms with Crippen molar-refractivity contribution in [2.75, 3.05) is 0 Å². The summed E-state index contributed by atoms with van der Waals surface area (Å²) in [6.45, 7) is 0. The molecule has 2 aromatic carbocycles. The van der Waals surface area contributed by atoms with Crippen molar-refractivity contribution >= 4 is 20.2 Å². The fourth-order valence-electron chi connectivity index (χ4n) is 3.82. The van der Waals surface area contributed by atoms with Gasteiger partial charge in [-0.3, -0.25) is 9.11 Å². The van der Waals surface area contributed by atoms with Crippen molar-refractivity contribution in [1.82, 2.24) is 0 Å². The minimum absolute atomic E-state index is 0.0257. The minimum Gasteiger partial charge on any atom is -0.282 e. The molecule has 1 fully saturated rings. The fourth-order valence-corrected chi connectivity index (χ4v) is 5.39. The minimum atomic E-state index is -4.29. The van der Waals surface area contributed by atoms with Gasteiger partial charge in [0.05, 0.1) is 9.79 Å². The van der Waals surface area contributed by atoms with Crippen LogP contribution in [0.4, 0.5) is 0 Å². The summed E-state index contributed by atoms with van der Waals surface area (Å²) in [7, 11) is -8.57. The van der Waals surface area contributed by atoms with Gasteiger partial charge in [0.25, 0.3) is 20.2 Å². The maximum Gasteiger partial charge on any atom is 0.294 e. The molecule has 1 saturated carbocycles. The van der Waals surface area contributed by atoms with Gasteiger partial charge in [0.1, 0.15) is 0 Å². The highest BCUT2D eigenvalue weighted by atomic mass is 32.2. The molecule has 1 aliphatic carbocycles. The van der Waals surface area contributed by atoms with Gasteiger partial charge in [0, 0.05) is 0 Å². The first-order valence-corrected chi connectivity index (χ1v) is 11.2. The number of hydrogen-bond donors (Lipinski definition) is 2. The molecule has 0 spiro atoms. The van der Waals surface area contributed by atoms with Crippen molar-refractivity contribution in [1.29, 1.82) is 0 Å². The zero-order valence-electron chi connectivity index (χ0n) is 13.9. The lowest BCUT2D eigenvalue weighted by molar-refractivity contribution is 0.386. The van der Waals surface area contributed by atoms with Gasteiger partial charge in [0.15, 0.2) is 0 Å². The number of rotatable bonds is 4. The first-order chi connectivity index (χ1) is 12.2. The molecule has 140 valence electrons. The fraction of sp³-hybridized carbons (Fsp3) is 0.333. The second-order valence-electron chi connectivity index (χ2n) is 6.57. The number of hydrogen-bond acceptors (Lipinski definition) is 4. The quantitative estimate of drug-likeness (QED) is 0.764. The maximum atomic E-state index is 11.6. The molecular weight excluding hydrogens is 376 g/mol. The zero-order valence-corrected chi connectivity index (χ0v) is 15.6. The Morgan fingerprint density at radius 3 is 1.23 bits per heavy atom. The molecule has 3 rings (SSSR count). The molecule has 0 radical (unpaired) electrons. The Hall–Kier alpha value is -1.74. The van der Waals surface area contributed by atoms with E-state index in [1.54, 1.807) is 36.4 Å². The standard InChI is InChI=1S/C18H20O6S2/c19-25(20,21)17-7-3-1-5-15(17)13-9-11-14(12-10-13)16-6-2-4-8-18(16)26(22,23)24/h1-8,13-14H,9-12H2,(H,19,20,21)(H,22,23,24). The highest BCUT2D eigenvalue weighted by molar-refractivity contribution is 7.86. The maximum absolute atomic E-state index is 11.6. The summed E-state index contributed by atoms with van der Waals surface area (Å²) >= 11 is 0. The van der Waals surface area contributed by atoms with Crippen LogP contribution in [-0.2, 0) is 20.2 Å². The molecule has 0 atom stereocenters. The molecule has 2 N–H and O–H groups in total. The van der Waals surface area contributed by atoms with Crippen LogP contribution >= 0.6 is 0 Å². The molecule has 26 heavy (non-hydrogen) atoms. The largest absolute Gasteiger partial charge is 0.294 e. The van der Waals surface area contributed by atoms with E-state index >= 15 is 0 Å². The van der Waals surface area contributed by atoms with E-state index in [4.69, 9.17) is 0 Å². The third kappa shape index (κ3) is 3.98. The predicted molar refractivity (Wildman–Crippen MR) is 96.5 cm³/mol. The summed E-state index contributed by atoms with van der Waals surface area (Å²) < 4.78 is 65.3. The summed E-state index contributed by atoms with van der Waals surface area (Å²) in [5.41, 5.74) is 1.19. The van der Waals surface area contributed by atoms with Crippen molar-refractivity contribution in [3.05, 3.63) is 59.7 Å². The summed E-state index contributed by atoms with van der Waals surface area (Å²) in [4.78, 5) is -0.136. The Morgan fingerprint density at radius 1 is 0.615 bits per heavy atom. The molecule has 0 aromatic heterocycles. The van der Waals surface area contributed by atoms with Crippen molar-refractivity contribution in [2.24, 2.45) is 0 Å². The van der Waals surface area contributed by atoms with Crippen LogP contribution < -0.4 is 0 Å².